The molecule has 2 fully saturated rings. The fraction of sp³-hybridized carbons (Fsp3) is 1.00. The molecule has 112 valence electrons. The molecule has 4 heteroatoms. The van der Waals surface area contributed by atoms with Gasteiger partial charge in [-0.25, -0.2) is 0 Å². The highest BCUT2D eigenvalue weighted by molar-refractivity contribution is 4.96. The number of hydrogen-bond acceptors (Lipinski definition) is 4. The van der Waals surface area contributed by atoms with E-state index in [1.165, 1.54) is 58.3 Å². The van der Waals surface area contributed by atoms with Crippen LogP contribution in [0.5, 0.6) is 0 Å². The minimum absolute atomic E-state index is 0.241. The van der Waals surface area contributed by atoms with Gasteiger partial charge in [0.15, 0.2) is 0 Å². The van der Waals surface area contributed by atoms with Crippen LogP contribution in [-0.2, 0) is 0 Å². The number of nitrogens with zero attached hydrogens (tertiary/aromatic N) is 3. The van der Waals surface area contributed by atoms with E-state index in [1.54, 1.807) is 0 Å². The molecule has 0 aromatic rings. The molecular weight excluding hydrogens is 236 g/mol. The molecule has 2 saturated heterocycles. The maximum absolute atomic E-state index is 6.22. The fourth-order valence-electron chi connectivity index (χ4n) is 3.78. The third kappa shape index (κ3) is 3.48. The van der Waals surface area contributed by atoms with Gasteiger partial charge in [-0.2, -0.15) is 0 Å². The Bertz CT molecular complexity index is 275. The number of piperidine rings is 1. The van der Waals surface area contributed by atoms with E-state index in [0.29, 0.717) is 0 Å². The van der Waals surface area contributed by atoms with Crippen molar-refractivity contribution in [3.05, 3.63) is 0 Å². The third-order valence-corrected chi connectivity index (χ3v) is 5.50. The Morgan fingerprint density at radius 3 is 2.32 bits per heavy atom. The summed E-state index contributed by atoms with van der Waals surface area (Å²) in [4.78, 5) is 7.55. The van der Waals surface area contributed by atoms with E-state index in [9.17, 15) is 0 Å². The minimum atomic E-state index is 0.241. The van der Waals surface area contributed by atoms with Crippen molar-refractivity contribution in [2.75, 3.05) is 53.9 Å². The van der Waals surface area contributed by atoms with Crippen molar-refractivity contribution < 1.29 is 0 Å². The molecule has 0 aliphatic carbocycles. The van der Waals surface area contributed by atoms with Gasteiger partial charge >= 0.3 is 0 Å². The molecule has 4 nitrogen and oxygen atoms in total. The summed E-state index contributed by atoms with van der Waals surface area (Å²) < 4.78 is 0. The second-order valence-corrected chi connectivity index (χ2v) is 6.73. The molecule has 2 N–H and O–H groups in total. The molecule has 2 aliphatic rings. The van der Waals surface area contributed by atoms with Gasteiger partial charge < -0.3 is 15.5 Å². The lowest BCUT2D eigenvalue weighted by molar-refractivity contribution is 0.0335. The van der Waals surface area contributed by atoms with Gasteiger partial charge in [-0.05, 0) is 79.4 Å². The Balaban J connectivity index is 2.02. The van der Waals surface area contributed by atoms with E-state index in [1.807, 2.05) is 0 Å². The van der Waals surface area contributed by atoms with E-state index in [4.69, 9.17) is 5.73 Å². The molecule has 1 unspecified atom stereocenters. The van der Waals surface area contributed by atoms with Crippen molar-refractivity contribution in [2.45, 2.75) is 43.7 Å². The summed E-state index contributed by atoms with van der Waals surface area (Å²) in [6.45, 7) is 5.69. The van der Waals surface area contributed by atoms with E-state index in [0.717, 1.165) is 12.6 Å². The molecule has 2 rings (SSSR count). The van der Waals surface area contributed by atoms with Crippen LogP contribution in [0.1, 0.15) is 32.1 Å². The lowest BCUT2D eigenvalue weighted by atomic mass is 9.86. The minimum Gasteiger partial charge on any atom is -0.329 e. The Kier molecular flexibility index (Phi) is 5.23. The highest BCUT2D eigenvalue weighted by Crippen LogP contribution is 2.31. The van der Waals surface area contributed by atoms with Gasteiger partial charge in [0.25, 0.3) is 0 Å². The molecule has 0 aromatic heterocycles. The molecule has 0 amide bonds. The highest BCUT2D eigenvalue weighted by atomic mass is 15.2. The van der Waals surface area contributed by atoms with Gasteiger partial charge in [-0.15, -0.1) is 0 Å². The predicted octanol–water partition coefficient (Wildman–Crippen LogP) is 0.826. The van der Waals surface area contributed by atoms with Crippen LogP contribution in [0.15, 0.2) is 0 Å². The van der Waals surface area contributed by atoms with Crippen molar-refractivity contribution in [1.29, 1.82) is 0 Å². The number of hydrogen-bond donors (Lipinski definition) is 1. The summed E-state index contributed by atoms with van der Waals surface area (Å²) in [5.74, 6) is 0. The second-order valence-electron chi connectivity index (χ2n) is 6.73. The van der Waals surface area contributed by atoms with Crippen LogP contribution in [0.3, 0.4) is 0 Å². The van der Waals surface area contributed by atoms with Crippen molar-refractivity contribution in [1.82, 2.24) is 14.7 Å². The SMILES string of the molecule is CN1CCC(N(C)C2(CN)CCCN(C)CC2)CC1. The molecule has 0 bridgehead atoms. The summed E-state index contributed by atoms with van der Waals surface area (Å²) in [5, 5.41) is 0. The Morgan fingerprint density at radius 2 is 1.68 bits per heavy atom. The average molecular weight is 268 g/mol. The molecular formula is C15H32N4. The van der Waals surface area contributed by atoms with Crippen molar-refractivity contribution in [3.63, 3.8) is 0 Å². The maximum atomic E-state index is 6.22. The van der Waals surface area contributed by atoms with Gasteiger partial charge in [0.2, 0.25) is 0 Å². The molecule has 0 saturated carbocycles. The van der Waals surface area contributed by atoms with Crippen LogP contribution in [0, 0.1) is 0 Å². The number of nitrogens with two attached hydrogens (primary N) is 1. The van der Waals surface area contributed by atoms with Crippen LogP contribution in [0.25, 0.3) is 0 Å². The Hall–Kier alpha value is -0.160. The van der Waals surface area contributed by atoms with E-state index < -0.39 is 0 Å². The smallest absolute Gasteiger partial charge is 0.0344 e. The molecule has 2 heterocycles. The first-order chi connectivity index (χ1) is 9.07. The molecule has 0 spiro atoms. The topological polar surface area (TPSA) is 35.7 Å². The first-order valence-corrected chi connectivity index (χ1v) is 7.87. The summed E-state index contributed by atoms with van der Waals surface area (Å²) in [6, 6.07) is 0.725. The third-order valence-electron chi connectivity index (χ3n) is 5.50. The zero-order valence-electron chi connectivity index (χ0n) is 13.1. The van der Waals surface area contributed by atoms with Crippen molar-refractivity contribution in [2.24, 2.45) is 5.73 Å². The molecule has 0 radical (unpaired) electrons. The molecule has 1 atom stereocenters. The zero-order chi connectivity index (χ0) is 13.9. The molecule has 0 aromatic carbocycles. The number of likely N-dealkylation sites (tertiary alicyclic amines) is 2. The van der Waals surface area contributed by atoms with Crippen LogP contribution in [-0.4, -0.2) is 80.1 Å². The van der Waals surface area contributed by atoms with E-state index in [2.05, 4.69) is 35.8 Å². The second kappa shape index (κ2) is 6.53. The maximum Gasteiger partial charge on any atom is 0.0344 e. The van der Waals surface area contributed by atoms with E-state index >= 15 is 0 Å². The summed E-state index contributed by atoms with van der Waals surface area (Å²) >= 11 is 0. The normalized spacial score (nSPS) is 32.7. The van der Waals surface area contributed by atoms with Crippen molar-refractivity contribution >= 4 is 0 Å². The van der Waals surface area contributed by atoms with Crippen LogP contribution < -0.4 is 5.73 Å². The van der Waals surface area contributed by atoms with Crippen LogP contribution >= 0.6 is 0 Å². The predicted molar refractivity (Wildman–Crippen MR) is 81.4 cm³/mol. The van der Waals surface area contributed by atoms with Gasteiger partial charge in [0, 0.05) is 18.1 Å². The highest BCUT2D eigenvalue weighted by Gasteiger charge is 2.38. The molecule has 2 aliphatic heterocycles. The lowest BCUT2D eigenvalue weighted by Gasteiger charge is -2.47. The van der Waals surface area contributed by atoms with Gasteiger partial charge in [0.1, 0.15) is 0 Å². The average Bonchev–Trinajstić information content (AvgIpc) is 2.61. The van der Waals surface area contributed by atoms with Gasteiger partial charge in [-0.3, -0.25) is 4.90 Å². The summed E-state index contributed by atoms with van der Waals surface area (Å²) in [5.41, 5.74) is 6.46. The largest absolute Gasteiger partial charge is 0.329 e. The zero-order valence-corrected chi connectivity index (χ0v) is 13.1. The molecule has 19 heavy (non-hydrogen) atoms. The number of likely N-dealkylation sites (N-methyl/N-ethyl adjacent to an activating group) is 1. The first-order valence-electron chi connectivity index (χ1n) is 7.87. The number of rotatable bonds is 3. The Labute approximate surface area is 118 Å². The summed E-state index contributed by atoms with van der Waals surface area (Å²) in [7, 11) is 6.80. The first kappa shape index (κ1) is 15.2. The summed E-state index contributed by atoms with van der Waals surface area (Å²) in [6.07, 6.45) is 6.36. The fourth-order valence-corrected chi connectivity index (χ4v) is 3.78. The quantitative estimate of drug-likeness (QED) is 0.822. The monoisotopic (exact) mass is 268 g/mol. The standard InChI is InChI=1S/C15H32N4/c1-17-9-4-7-15(13-16,8-12-17)19(3)14-5-10-18(2)11-6-14/h14H,4-13,16H2,1-3H3. The van der Waals surface area contributed by atoms with Gasteiger partial charge in [0.05, 0.1) is 0 Å². The van der Waals surface area contributed by atoms with Crippen molar-refractivity contribution in [3.8, 4) is 0 Å². The van der Waals surface area contributed by atoms with Crippen LogP contribution in [0.4, 0.5) is 0 Å². The Morgan fingerprint density at radius 1 is 1.05 bits per heavy atom. The van der Waals surface area contributed by atoms with Crippen LogP contribution in [0.2, 0.25) is 0 Å². The van der Waals surface area contributed by atoms with Gasteiger partial charge in [-0.1, -0.05) is 0 Å². The van der Waals surface area contributed by atoms with E-state index in [-0.39, 0.29) is 5.54 Å². The lowest BCUT2D eigenvalue weighted by Crippen LogP contribution is -2.58.